The number of carboxylic acid groups (broad SMARTS) is 1. The summed E-state index contributed by atoms with van der Waals surface area (Å²) in [5.41, 5.74) is -0.663. The van der Waals surface area contributed by atoms with Gasteiger partial charge in [0.05, 0.1) is 28.7 Å². The molecule has 3 rings (SSSR count). The lowest BCUT2D eigenvalue weighted by atomic mass is 10.0. The molecule has 3 N–H and O–H groups in total. The van der Waals surface area contributed by atoms with E-state index in [-0.39, 0.29) is 22.2 Å². The van der Waals surface area contributed by atoms with Crippen molar-refractivity contribution in [3.63, 3.8) is 0 Å². The molecule has 0 unspecified atom stereocenters. The van der Waals surface area contributed by atoms with E-state index in [0.29, 0.717) is 5.69 Å². The van der Waals surface area contributed by atoms with E-state index in [9.17, 15) is 27.9 Å². The van der Waals surface area contributed by atoms with Crippen molar-refractivity contribution in [2.24, 2.45) is 0 Å². The number of carbonyl (C=O) groups excluding carboxylic acids is 1. The average Bonchev–Trinajstić information content (AvgIpc) is 3.08. The lowest BCUT2D eigenvalue weighted by Crippen LogP contribution is -2.30. The highest BCUT2D eigenvalue weighted by atomic mass is 35.5. The molecule has 3 aromatic rings. The number of halogens is 4. The van der Waals surface area contributed by atoms with Crippen molar-refractivity contribution in [1.82, 2.24) is 15.1 Å². The van der Waals surface area contributed by atoms with E-state index in [2.05, 4.69) is 10.4 Å². The second kappa shape index (κ2) is 8.68. The van der Waals surface area contributed by atoms with Crippen LogP contribution >= 0.6 is 11.6 Å². The molecule has 162 valence electrons. The van der Waals surface area contributed by atoms with Crippen LogP contribution in [0.25, 0.3) is 5.69 Å². The van der Waals surface area contributed by atoms with Gasteiger partial charge in [-0.3, -0.25) is 9.59 Å². The quantitative estimate of drug-likeness (QED) is 0.519. The number of hydrogen-bond acceptors (Lipinski definition) is 4. The van der Waals surface area contributed by atoms with Crippen LogP contribution in [0.1, 0.15) is 34.1 Å². The Labute approximate surface area is 178 Å². The maximum atomic E-state index is 12.8. The molecule has 7 nitrogen and oxygen atoms in total. The summed E-state index contributed by atoms with van der Waals surface area (Å²) in [4.78, 5) is 23.8. The van der Waals surface area contributed by atoms with Crippen LogP contribution in [0.5, 0.6) is 5.88 Å². The molecule has 0 radical (unpaired) electrons. The smallest absolute Gasteiger partial charge is 0.416 e. The Hall–Kier alpha value is -3.53. The van der Waals surface area contributed by atoms with Crippen LogP contribution in [0.15, 0.2) is 54.6 Å². The van der Waals surface area contributed by atoms with Gasteiger partial charge in [-0.1, -0.05) is 35.9 Å². The number of hydrogen-bond donors (Lipinski definition) is 3. The van der Waals surface area contributed by atoms with Gasteiger partial charge in [0.15, 0.2) is 5.69 Å². The van der Waals surface area contributed by atoms with E-state index in [4.69, 9.17) is 16.7 Å². The van der Waals surface area contributed by atoms with Gasteiger partial charge in [0, 0.05) is 6.07 Å². The Balaban J connectivity index is 1.86. The van der Waals surface area contributed by atoms with Crippen LogP contribution in [0, 0.1) is 0 Å². The molecule has 0 aliphatic rings. The topological polar surface area (TPSA) is 104 Å². The lowest BCUT2D eigenvalue weighted by Gasteiger charge is -2.17. The third-order valence-corrected chi connectivity index (χ3v) is 4.65. The van der Waals surface area contributed by atoms with Gasteiger partial charge < -0.3 is 15.5 Å². The van der Waals surface area contributed by atoms with Crippen LogP contribution in [-0.2, 0) is 11.0 Å². The molecule has 1 aromatic heterocycles. The first kappa shape index (κ1) is 22.2. The van der Waals surface area contributed by atoms with Crippen molar-refractivity contribution in [1.29, 1.82) is 0 Å². The number of para-hydroxylation sites is 1. The number of amides is 1. The van der Waals surface area contributed by atoms with E-state index >= 15 is 0 Å². The molecule has 0 bridgehead atoms. The van der Waals surface area contributed by atoms with E-state index < -0.39 is 36.1 Å². The summed E-state index contributed by atoms with van der Waals surface area (Å²) in [5, 5.41) is 25.9. The minimum atomic E-state index is -4.55. The minimum Gasteiger partial charge on any atom is -0.493 e. The van der Waals surface area contributed by atoms with Crippen LogP contribution in [-0.4, -0.2) is 31.9 Å². The number of carbonyl (C=O) groups is 2. The fourth-order valence-electron chi connectivity index (χ4n) is 2.85. The number of aromatic hydroxyl groups is 1. The summed E-state index contributed by atoms with van der Waals surface area (Å²) in [6.07, 6.45) is -5.12. The molecule has 0 saturated carbocycles. The Bertz CT molecular complexity index is 1110. The number of aromatic nitrogens is 2. The molecule has 11 heteroatoms. The SMILES string of the molecule is O=C(O)C[C@H](NC(=O)c1cc(O)n(-c2ccccc2Cl)n1)c1ccc(C(F)(F)F)cc1. The summed E-state index contributed by atoms with van der Waals surface area (Å²) < 4.78 is 39.3. The highest BCUT2D eigenvalue weighted by molar-refractivity contribution is 6.32. The van der Waals surface area contributed by atoms with Gasteiger partial charge in [-0.15, -0.1) is 0 Å². The lowest BCUT2D eigenvalue weighted by molar-refractivity contribution is -0.138. The van der Waals surface area contributed by atoms with Gasteiger partial charge in [0.25, 0.3) is 5.91 Å². The predicted octanol–water partition coefficient (Wildman–Crippen LogP) is 4.20. The summed E-state index contributed by atoms with van der Waals surface area (Å²) in [6.45, 7) is 0. The number of benzene rings is 2. The molecule has 0 aliphatic carbocycles. The zero-order valence-electron chi connectivity index (χ0n) is 15.6. The Kier molecular flexibility index (Phi) is 6.21. The Morgan fingerprint density at radius 1 is 1.13 bits per heavy atom. The van der Waals surface area contributed by atoms with Gasteiger partial charge in [-0.2, -0.15) is 23.0 Å². The van der Waals surface area contributed by atoms with Crippen LogP contribution in [0.3, 0.4) is 0 Å². The molecule has 0 saturated heterocycles. The fraction of sp³-hybridized carbons (Fsp3) is 0.150. The largest absolute Gasteiger partial charge is 0.493 e. The van der Waals surface area contributed by atoms with Crippen molar-refractivity contribution in [2.45, 2.75) is 18.6 Å². The van der Waals surface area contributed by atoms with Crippen LogP contribution in [0.2, 0.25) is 5.02 Å². The fourth-order valence-corrected chi connectivity index (χ4v) is 3.06. The van der Waals surface area contributed by atoms with Crippen molar-refractivity contribution in [3.8, 4) is 11.6 Å². The zero-order chi connectivity index (χ0) is 22.8. The van der Waals surface area contributed by atoms with Gasteiger partial charge in [0.1, 0.15) is 0 Å². The highest BCUT2D eigenvalue weighted by Gasteiger charge is 2.30. The molecule has 0 aliphatic heterocycles. The summed E-state index contributed by atoms with van der Waals surface area (Å²) in [5.74, 6) is -2.48. The molecule has 0 spiro atoms. The maximum absolute atomic E-state index is 12.8. The predicted molar refractivity (Wildman–Crippen MR) is 104 cm³/mol. The van der Waals surface area contributed by atoms with Crippen molar-refractivity contribution < 1.29 is 33.0 Å². The normalized spacial score (nSPS) is 12.4. The van der Waals surface area contributed by atoms with Crippen molar-refractivity contribution >= 4 is 23.5 Å². The zero-order valence-corrected chi connectivity index (χ0v) is 16.4. The third kappa shape index (κ3) is 5.15. The summed E-state index contributed by atoms with van der Waals surface area (Å²) >= 11 is 6.07. The number of carboxylic acids is 1. The Morgan fingerprint density at radius 2 is 1.77 bits per heavy atom. The van der Waals surface area contributed by atoms with Gasteiger partial charge in [0.2, 0.25) is 5.88 Å². The van der Waals surface area contributed by atoms with Gasteiger partial charge in [-0.25, -0.2) is 0 Å². The molecular weight excluding hydrogens is 439 g/mol. The molecule has 2 aromatic carbocycles. The molecule has 1 atom stereocenters. The highest BCUT2D eigenvalue weighted by Crippen LogP contribution is 2.30. The summed E-state index contributed by atoms with van der Waals surface area (Å²) in [7, 11) is 0. The number of nitrogens with zero attached hydrogens (tertiary/aromatic N) is 2. The van der Waals surface area contributed by atoms with Crippen molar-refractivity contribution in [3.05, 3.63) is 76.4 Å². The van der Waals surface area contributed by atoms with E-state index in [1.807, 2.05) is 0 Å². The number of nitrogens with one attached hydrogen (secondary N) is 1. The molecule has 1 heterocycles. The standard InChI is InChI=1S/C20H15ClF3N3O4/c21-13-3-1-2-4-16(13)27-17(28)9-15(26-27)19(31)25-14(10-18(29)30)11-5-7-12(8-6-11)20(22,23)24/h1-9,14,28H,10H2,(H,25,31)(H,29,30)/t14-/m0/s1. The van der Waals surface area contributed by atoms with E-state index in [1.54, 1.807) is 24.3 Å². The maximum Gasteiger partial charge on any atom is 0.416 e. The molecule has 1 amide bonds. The van der Waals surface area contributed by atoms with Crippen LogP contribution in [0.4, 0.5) is 13.2 Å². The minimum absolute atomic E-state index is 0.165. The summed E-state index contributed by atoms with van der Waals surface area (Å²) in [6, 6.07) is 10.2. The number of alkyl halides is 3. The monoisotopic (exact) mass is 453 g/mol. The van der Waals surface area contributed by atoms with E-state index in [0.717, 1.165) is 35.0 Å². The second-order valence-electron chi connectivity index (χ2n) is 6.49. The first-order valence-corrected chi connectivity index (χ1v) is 9.18. The molecule has 0 fully saturated rings. The average molecular weight is 454 g/mol. The van der Waals surface area contributed by atoms with Gasteiger partial charge >= 0.3 is 12.1 Å². The Morgan fingerprint density at radius 3 is 2.35 bits per heavy atom. The second-order valence-corrected chi connectivity index (χ2v) is 6.90. The van der Waals surface area contributed by atoms with E-state index in [1.165, 1.54) is 0 Å². The first-order chi connectivity index (χ1) is 14.6. The number of rotatable bonds is 6. The van der Waals surface area contributed by atoms with Crippen LogP contribution < -0.4 is 5.32 Å². The number of aliphatic carboxylic acids is 1. The first-order valence-electron chi connectivity index (χ1n) is 8.80. The molecule has 31 heavy (non-hydrogen) atoms. The third-order valence-electron chi connectivity index (χ3n) is 4.33. The molecular formula is C20H15ClF3N3O4. The van der Waals surface area contributed by atoms with Crippen molar-refractivity contribution in [2.75, 3.05) is 0 Å². The van der Waals surface area contributed by atoms with Gasteiger partial charge in [-0.05, 0) is 29.8 Å².